The van der Waals surface area contributed by atoms with Gasteiger partial charge in [0.15, 0.2) is 0 Å². The minimum absolute atomic E-state index is 0.524. The molecule has 1 heteroatoms. The summed E-state index contributed by atoms with van der Waals surface area (Å²) in [7, 11) is 2.89. The predicted molar refractivity (Wildman–Crippen MR) is 103 cm³/mol. The van der Waals surface area contributed by atoms with Crippen LogP contribution >= 0.6 is 9.24 Å². The number of benzene rings is 2. The smallest absolute Gasteiger partial charge is 0.0109 e. The van der Waals surface area contributed by atoms with E-state index in [0.717, 1.165) is 0 Å². The predicted octanol–water partition coefficient (Wildman–Crippen LogP) is 6.22. The van der Waals surface area contributed by atoms with E-state index >= 15 is 0 Å². The van der Waals surface area contributed by atoms with E-state index in [1.54, 1.807) is 5.56 Å². The van der Waals surface area contributed by atoms with Crippen molar-refractivity contribution < 1.29 is 0 Å². The van der Waals surface area contributed by atoms with E-state index in [1.807, 2.05) is 0 Å². The molecule has 2 aromatic rings. The van der Waals surface area contributed by atoms with Crippen molar-refractivity contribution in [3.8, 4) is 11.1 Å². The Kier molecular flexibility index (Phi) is 5.45. The van der Waals surface area contributed by atoms with Crippen molar-refractivity contribution in [2.75, 3.05) is 0 Å². The van der Waals surface area contributed by atoms with E-state index in [-0.39, 0.29) is 0 Å². The molecule has 0 aromatic heterocycles. The molecule has 22 heavy (non-hydrogen) atoms. The summed E-state index contributed by atoms with van der Waals surface area (Å²) in [5.74, 6) is 1.64. The van der Waals surface area contributed by atoms with Gasteiger partial charge in [0, 0.05) is 0 Å². The maximum atomic E-state index is 2.89. The summed E-state index contributed by atoms with van der Waals surface area (Å²) in [6.45, 7) is 13.9. The number of hydrogen-bond acceptors (Lipinski definition) is 0. The Morgan fingerprint density at radius 2 is 1.23 bits per heavy atom. The van der Waals surface area contributed by atoms with E-state index < -0.39 is 0 Å². The van der Waals surface area contributed by atoms with Crippen LogP contribution < -0.4 is 5.30 Å². The molecule has 0 nitrogen and oxygen atoms in total. The highest BCUT2D eigenvalue weighted by Crippen LogP contribution is 2.39. The molecule has 0 saturated carbocycles. The van der Waals surface area contributed by atoms with Crippen molar-refractivity contribution >= 4 is 14.5 Å². The van der Waals surface area contributed by atoms with Gasteiger partial charge in [-0.25, -0.2) is 0 Å². The standard InChI is InChI=1S/C21H29P/c1-13(2)16-11-12-18(17-9-7-8-10-19(17)22)21(15(5)6)20(16)14(3)4/h7-15H,22H2,1-6H3. The van der Waals surface area contributed by atoms with Gasteiger partial charge in [0.05, 0.1) is 0 Å². The summed E-state index contributed by atoms with van der Waals surface area (Å²) < 4.78 is 0. The van der Waals surface area contributed by atoms with Crippen molar-refractivity contribution in [1.82, 2.24) is 0 Å². The highest BCUT2D eigenvalue weighted by atomic mass is 31.0. The van der Waals surface area contributed by atoms with E-state index in [4.69, 9.17) is 0 Å². The summed E-state index contributed by atoms with van der Waals surface area (Å²) in [4.78, 5) is 0. The van der Waals surface area contributed by atoms with Gasteiger partial charge in [-0.1, -0.05) is 77.9 Å². The summed E-state index contributed by atoms with van der Waals surface area (Å²) in [5, 5.41) is 1.27. The lowest BCUT2D eigenvalue weighted by Crippen LogP contribution is -2.09. The average Bonchev–Trinajstić information content (AvgIpc) is 2.45. The van der Waals surface area contributed by atoms with Crippen LogP contribution in [0.15, 0.2) is 36.4 Å². The monoisotopic (exact) mass is 312 g/mol. The first kappa shape index (κ1) is 17.2. The first-order valence-corrected chi connectivity index (χ1v) is 8.93. The third-order valence-corrected chi connectivity index (χ3v) is 4.85. The normalized spacial score (nSPS) is 11.7. The van der Waals surface area contributed by atoms with Gasteiger partial charge in [-0.2, -0.15) is 0 Å². The zero-order valence-electron chi connectivity index (χ0n) is 14.8. The molecule has 0 amide bonds. The zero-order chi connectivity index (χ0) is 16.4. The minimum atomic E-state index is 0.524. The summed E-state index contributed by atoms with van der Waals surface area (Å²) in [6, 6.07) is 13.3. The lowest BCUT2D eigenvalue weighted by molar-refractivity contribution is 0.750. The average molecular weight is 312 g/mol. The third kappa shape index (κ3) is 3.28. The molecule has 2 rings (SSSR count). The molecule has 0 aliphatic heterocycles. The van der Waals surface area contributed by atoms with Crippen LogP contribution in [0.2, 0.25) is 0 Å². The van der Waals surface area contributed by atoms with Gasteiger partial charge in [-0.15, -0.1) is 9.24 Å². The highest BCUT2D eigenvalue weighted by molar-refractivity contribution is 7.28. The van der Waals surface area contributed by atoms with Crippen LogP contribution in [0.4, 0.5) is 0 Å². The topological polar surface area (TPSA) is 0 Å². The fraction of sp³-hybridized carbons (Fsp3) is 0.429. The fourth-order valence-electron chi connectivity index (χ4n) is 3.40. The molecule has 1 unspecified atom stereocenters. The molecule has 0 aliphatic carbocycles. The fourth-order valence-corrected chi connectivity index (χ4v) is 3.76. The van der Waals surface area contributed by atoms with Crippen LogP contribution in [0.3, 0.4) is 0 Å². The van der Waals surface area contributed by atoms with E-state index in [9.17, 15) is 0 Å². The van der Waals surface area contributed by atoms with Gasteiger partial charge < -0.3 is 0 Å². The Labute approximate surface area is 138 Å². The number of hydrogen-bond donors (Lipinski definition) is 0. The Bertz CT molecular complexity index is 651. The molecule has 118 valence electrons. The molecule has 0 spiro atoms. The molecule has 0 bridgehead atoms. The van der Waals surface area contributed by atoms with Gasteiger partial charge in [-0.3, -0.25) is 0 Å². The zero-order valence-corrected chi connectivity index (χ0v) is 15.9. The largest absolute Gasteiger partial charge is 0.105 e. The number of rotatable bonds is 4. The quantitative estimate of drug-likeness (QED) is 0.587. The van der Waals surface area contributed by atoms with Crippen LogP contribution in [0.1, 0.15) is 76.0 Å². The van der Waals surface area contributed by atoms with Crippen LogP contribution in [0.25, 0.3) is 11.1 Å². The third-order valence-electron chi connectivity index (χ3n) is 4.35. The maximum absolute atomic E-state index is 2.89. The van der Waals surface area contributed by atoms with E-state index in [1.165, 1.54) is 27.6 Å². The molecule has 0 N–H and O–H groups in total. The molecular formula is C21H29P. The van der Waals surface area contributed by atoms with Gasteiger partial charge in [-0.05, 0) is 50.9 Å². The molecule has 0 saturated heterocycles. The summed E-state index contributed by atoms with van der Waals surface area (Å²) in [5.41, 5.74) is 7.32. The lowest BCUT2D eigenvalue weighted by Gasteiger charge is -2.26. The molecule has 0 radical (unpaired) electrons. The molecule has 0 fully saturated rings. The second-order valence-corrected chi connectivity index (χ2v) is 7.70. The second-order valence-electron chi connectivity index (χ2n) is 7.08. The van der Waals surface area contributed by atoms with Crippen LogP contribution in [-0.4, -0.2) is 0 Å². The van der Waals surface area contributed by atoms with Crippen LogP contribution in [0.5, 0.6) is 0 Å². The first-order valence-electron chi connectivity index (χ1n) is 8.36. The van der Waals surface area contributed by atoms with Crippen molar-refractivity contribution in [2.45, 2.75) is 59.3 Å². The summed E-state index contributed by atoms with van der Waals surface area (Å²) in [6.07, 6.45) is 0. The van der Waals surface area contributed by atoms with Crippen LogP contribution in [-0.2, 0) is 0 Å². The van der Waals surface area contributed by atoms with Gasteiger partial charge >= 0.3 is 0 Å². The minimum Gasteiger partial charge on any atom is -0.105 e. The molecule has 0 aliphatic rings. The molecule has 2 aromatic carbocycles. The Hall–Kier alpha value is -1.13. The Morgan fingerprint density at radius 3 is 1.73 bits per heavy atom. The van der Waals surface area contributed by atoms with E-state index in [0.29, 0.717) is 17.8 Å². The SMILES string of the molecule is CC(C)c1ccc(-c2ccccc2P)c(C(C)C)c1C(C)C. The van der Waals surface area contributed by atoms with Crippen LogP contribution in [0, 0.1) is 0 Å². The van der Waals surface area contributed by atoms with Crippen molar-refractivity contribution in [2.24, 2.45) is 0 Å². The molecule has 1 atom stereocenters. The van der Waals surface area contributed by atoms with Crippen molar-refractivity contribution in [1.29, 1.82) is 0 Å². The maximum Gasteiger partial charge on any atom is -0.0109 e. The first-order chi connectivity index (χ1) is 10.3. The molecular weight excluding hydrogens is 283 g/mol. The van der Waals surface area contributed by atoms with Crippen molar-refractivity contribution in [3.63, 3.8) is 0 Å². The Balaban J connectivity index is 2.82. The van der Waals surface area contributed by atoms with Gasteiger partial charge in [0.25, 0.3) is 0 Å². The van der Waals surface area contributed by atoms with Gasteiger partial charge in [0.1, 0.15) is 0 Å². The molecule has 0 heterocycles. The highest BCUT2D eigenvalue weighted by Gasteiger charge is 2.21. The lowest BCUT2D eigenvalue weighted by atomic mass is 9.79. The Morgan fingerprint density at radius 1 is 0.636 bits per heavy atom. The van der Waals surface area contributed by atoms with Crippen molar-refractivity contribution in [3.05, 3.63) is 53.1 Å². The van der Waals surface area contributed by atoms with Gasteiger partial charge in [0.2, 0.25) is 0 Å². The second kappa shape index (κ2) is 6.97. The summed E-state index contributed by atoms with van der Waals surface area (Å²) >= 11 is 0. The van der Waals surface area contributed by atoms with E-state index in [2.05, 4.69) is 87.2 Å².